The van der Waals surface area contributed by atoms with Gasteiger partial charge in [-0.25, -0.2) is 4.98 Å². The molecule has 0 amide bonds. The van der Waals surface area contributed by atoms with Crippen molar-refractivity contribution in [1.29, 1.82) is 0 Å². The number of benzene rings is 2. The first-order valence-electron chi connectivity index (χ1n) is 7.49. The number of imidazole rings is 1. The topological polar surface area (TPSA) is 28.7 Å². The quantitative estimate of drug-likeness (QED) is 0.659. The van der Waals surface area contributed by atoms with Crippen molar-refractivity contribution in [1.82, 2.24) is 9.97 Å². The summed E-state index contributed by atoms with van der Waals surface area (Å²) in [4.78, 5) is 8.16. The monoisotopic (exact) mass is 288 g/mol. The largest absolute Gasteiger partial charge is 0.342 e. The molecule has 2 nitrogen and oxygen atoms in total. The summed E-state index contributed by atoms with van der Waals surface area (Å²) < 4.78 is 0. The van der Waals surface area contributed by atoms with Gasteiger partial charge in [-0.3, -0.25) is 0 Å². The van der Waals surface area contributed by atoms with Crippen LogP contribution in [0.1, 0.15) is 18.2 Å². The summed E-state index contributed by atoms with van der Waals surface area (Å²) in [6.45, 7) is 8.08. The molecule has 2 aromatic carbocycles. The van der Waals surface area contributed by atoms with Crippen molar-refractivity contribution in [3.8, 4) is 22.6 Å². The Morgan fingerprint density at radius 3 is 2.32 bits per heavy atom. The van der Waals surface area contributed by atoms with E-state index in [0.717, 1.165) is 34.8 Å². The second-order valence-corrected chi connectivity index (χ2v) is 5.76. The molecule has 2 heteroatoms. The van der Waals surface area contributed by atoms with Crippen molar-refractivity contribution in [2.45, 2.75) is 20.3 Å². The SMILES string of the molecule is C=C(C)Cc1ccc(-c2nc(-c3ccccc3)c(C)[nH]2)cc1. The highest BCUT2D eigenvalue weighted by atomic mass is 14.9. The van der Waals surface area contributed by atoms with Gasteiger partial charge in [0.2, 0.25) is 0 Å². The van der Waals surface area contributed by atoms with E-state index in [-0.39, 0.29) is 0 Å². The second-order valence-electron chi connectivity index (χ2n) is 5.76. The van der Waals surface area contributed by atoms with Crippen molar-refractivity contribution in [2.75, 3.05) is 0 Å². The van der Waals surface area contributed by atoms with Gasteiger partial charge in [0, 0.05) is 16.8 Å². The number of H-pyrrole nitrogens is 1. The molecule has 110 valence electrons. The van der Waals surface area contributed by atoms with Gasteiger partial charge in [-0.05, 0) is 25.8 Å². The lowest BCUT2D eigenvalue weighted by atomic mass is 10.1. The number of allylic oxidation sites excluding steroid dienone is 1. The van der Waals surface area contributed by atoms with E-state index < -0.39 is 0 Å². The van der Waals surface area contributed by atoms with E-state index in [0.29, 0.717) is 0 Å². The highest BCUT2D eigenvalue weighted by Gasteiger charge is 2.10. The fourth-order valence-electron chi connectivity index (χ4n) is 2.60. The molecule has 0 bridgehead atoms. The van der Waals surface area contributed by atoms with Crippen LogP contribution in [0, 0.1) is 6.92 Å². The molecule has 0 aliphatic carbocycles. The van der Waals surface area contributed by atoms with Crippen LogP contribution in [0.25, 0.3) is 22.6 Å². The molecule has 0 saturated carbocycles. The fourth-order valence-corrected chi connectivity index (χ4v) is 2.60. The van der Waals surface area contributed by atoms with Gasteiger partial charge in [0.05, 0.1) is 5.69 Å². The molecule has 0 fully saturated rings. The maximum Gasteiger partial charge on any atom is 0.138 e. The van der Waals surface area contributed by atoms with Crippen LogP contribution in [0.2, 0.25) is 0 Å². The molecular formula is C20H20N2. The highest BCUT2D eigenvalue weighted by Crippen LogP contribution is 2.25. The number of rotatable bonds is 4. The smallest absolute Gasteiger partial charge is 0.138 e. The Morgan fingerprint density at radius 1 is 1.00 bits per heavy atom. The van der Waals surface area contributed by atoms with E-state index in [2.05, 4.69) is 61.8 Å². The predicted octanol–water partition coefficient (Wildman–Crippen LogP) is 5.17. The summed E-state index contributed by atoms with van der Waals surface area (Å²) in [5.41, 5.74) is 6.81. The Labute approximate surface area is 131 Å². The van der Waals surface area contributed by atoms with Gasteiger partial charge in [0.15, 0.2) is 0 Å². The molecule has 1 aromatic heterocycles. The number of hydrogen-bond donors (Lipinski definition) is 1. The average Bonchev–Trinajstić information content (AvgIpc) is 2.90. The Balaban J connectivity index is 1.91. The minimum Gasteiger partial charge on any atom is -0.342 e. The average molecular weight is 288 g/mol. The molecular weight excluding hydrogens is 268 g/mol. The zero-order valence-corrected chi connectivity index (χ0v) is 13.1. The molecule has 0 atom stereocenters. The van der Waals surface area contributed by atoms with Crippen molar-refractivity contribution in [3.63, 3.8) is 0 Å². The Morgan fingerprint density at radius 2 is 1.68 bits per heavy atom. The van der Waals surface area contributed by atoms with Crippen molar-refractivity contribution in [3.05, 3.63) is 78.0 Å². The van der Waals surface area contributed by atoms with E-state index in [4.69, 9.17) is 4.98 Å². The van der Waals surface area contributed by atoms with Gasteiger partial charge >= 0.3 is 0 Å². The lowest BCUT2D eigenvalue weighted by molar-refractivity contribution is 1.15. The summed E-state index contributed by atoms with van der Waals surface area (Å²) in [6, 6.07) is 18.8. The van der Waals surface area contributed by atoms with Gasteiger partial charge in [-0.15, -0.1) is 0 Å². The number of nitrogens with zero attached hydrogens (tertiary/aromatic N) is 1. The number of aromatic nitrogens is 2. The predicted molar refractivity (Wildman–Crippen MR) is 92.7 cm³/mol. The van der Waals surface area contributed by atoms with Gasteiger partial charge in [0.25, 0.3) is 0 Å². The maximum absolute atomic E-state index is 4.77. The van der Waals surface area contributed by atoms with Crippen molar-refractivity contribution < 1.29 is 0 Å². The minimum atomic E-state index is 0.915. The van der Waals surface area contributed by atoms with E-state index in [1.807, 2.05) is 18.2 Å². The van der Waals surface area contributed by atoms with Crippen LogP contribution < -0.4 is 0 Å². The zero-order chi connectivity index (χ0) is 15.5. The molecule has 0 aliphatic heterocycles. The molecule has 1 heterocycles. The van der Waals surface area contributed by atoms with Gasteiger partial charge in [-0.1, -0.05) is 66.7 Å². The summed E-state index contributed by atoms with van der Waals surface area (Å²) in [5, 5.41) is 0. The molecule has 3 aromatic rings. The molecule has 0 radical (unpaired) electrons. The van der Waals surface area contributed by atoms with Gasteiger partial charge < -0.3 is 4.98 Å². The van der Waals surface area contributed by atoms with E-state index >= 15 is 0 Å². The minimum absolute atomic E-state index is 0.915. The summed E-state index contributed by atoms with van der Waals surface area (Å²) >= 11 is 0. The Bertz CT molecular complexity index is 780. The molecule has 0 spiro atoms. The third-order valence-corrected chi connectivity index (χ3v) is 3.67. The molecule has 1 N–H and O–H groups in total. The first-order chi connectivity index (χ1) is 10.6. The zero-order valence-electron chi connectivity index (χ0n) is 13.1. The lowest BCUT2D eigenvalue weighted by Crippen LogP contribution is -1.86. The Hall–Kier alpha value is -2.61. The van der Waals surface area contributed by atoms with Gasteiger partial charge in [0.1, 0.15) is 5.82 Å². The van der Waals surface area contributed by atoms with Crippen molar-refractivity contribution in [2.24, 2.45) is 0 Å². The molecule has 22 heavy (non-hydrogen) atoms. The molecule has 3 rings (SSSR count). The van der Waals surface area contributed by atoms with Crippen LogP contribution in [-0.4, -0.2) is 9.97 Å². The second kappa shape index (κ2) is 6.02. The van der Waals surface area contributed by atoms with Gasteiger partial charge in [-0.2, -0.15) is 0 Å². The van der Waals surface area contributed by atoms with Crippen LogP contribution in [0.3, 0.4) is 0 Å². The number of aryl methyl sites for hydroxylation is 1. The maximum atomic E-state index is 4.77. The highest BCUT2D eigenvalue weighted by molar-refractivity contribution is 5.67. The summed E-state index contributed by atoms with van der Waals surface area (Å²) in [7, 11) is 0. The number of aromatic amines is 1. The van der Waals surface area contributed by atoms with Crippen LogP contribution >= 0.6 is 0 Å². The van der Waals surface area contributed by atoms with Crippen LogP contribution in [-0.2, 0) is 6.42 Å². The summed E-state index contributed by atoms with van der Waals surface area (Å²) in [6.07, 6.45) is 0.923. The van der Waals surface area contributed by atoms with E-state index in [1.54, 1.807) is 0 Å². The third-order valence-electron chi connectivity index (χ3n) is 3.67. The Kier molecular flexibility index (Phi) is 3.92. The standard InChI is InChI=1S/C20H20N2/c1-14(2)13-16-9-11-18(12-10-16)20-21-15(3)19(22-20)17-7-5-4-6-8-17/h4-12H,1,13H2,2-3H3,(H,21,22). The van der Waals surface area contributed by atoms with Crippen LogP contribution in [0.4, 0.5) is 0 Å². The summed E-state index contributed by atoms with van der Waals surface area (Å²) in [5.74, 6) is 0.915. The van der Waals surface area contributed by atoms with Crippen LogP contribution in [0.5, 0.6) is 0 Å². The normalized spacial score (nSPS) is 10.6. The van der Waals surface area contributed by atoms with Crippen molar-refractivity contribution >= 4 is 0 Å². The molecule has 0 unspecified atom stereocenters. The first-order valence-corrected chi connectivity index (χ1v) is 7.49. The van der Waals surface area contributed by atoms with E-state index in [9.17, 15) is 0 Å². The fraction of sp³-hybridized carbons (Fsp3) is 0.150. The molecule has 0 aliphatic rings. The molecule has 0 saturated heterocycles. The van der Waals surface area contributed by atoms with Crippen LogP contribution in [0.15, 0.2) is 66.7 Å². The third kappa shape index (κ3) is 3.01. The number of nitrogens with one attached hydrogen (secondary N) is 1. The number of hydrogen-bond acceptors (Lipinski definition) is 1. The lowest BCUT2D eigenvalue weighted by Gasteiger charge is -2.02. The first kappa shape index (κ1) is 14.3. The van der Waals surface area contributed by atoms with E-state index in [1.165, 1.54) is 11.1 Å².